The Hall–Kier alpha value is -1.97. The number of carbonyl (C=O) groups excluding carboxylic acids is 1. The van der Waals surface area contributed by atoms with Gasteiger partial charge in [0.15, 0.2) is 5.78 Å². The van der Waals surface area contributed by atoms with Gasteiger partial charge < -0.3 is 0 Å². The number of pyridine rings is 1. The van der Waals surface area contributed by atoms with Crippen LogP contribution in [0.15, 0.2) is 30.6 Å². The van der Waals surface area contributed by atoms with Crippen molar-refractivity contribution in [1.29, 1.82) is 0 Å². The summed E-state index contributed by atoms with van der Waals surface area (Å²) in [5, 5.41) is 4.18. The van der Waals surface area contributed by atoms with Crippen LogP contribution in [-0.4, -0.2) is 20.5 Å². The molecule has 2 aromatic rings. The molecule has 82 valence electrons. The van der Waals surface area contributed by atoms with Gasteiger partial charge in [0.2, 0.25) is 0 Å². The number of hydrogen-bond acceptors (Lipinski definition) is 3. The van der Waals surface area contributed by atoms with Crippen molar-refractivity contribution in [3.05, 3.63) is 47.5 Å². The van der Waals surface area contributed by atoms with Crippen LogP contribution in [0.3, 0.4) is 0 Å². The molecule has 0 radical (unpaired) electrons. The van der Waals surface area contributed by atoms with Crippen molar-refractivity contribution >= 4 is 5.78 Å². The van der Waals surface area contributed by atoms with Crippen LogP contribution in [0.4, 0.5) is 0 Å². The summed E-state index contributed by atoms with van der Waals surface area (Å²) < 4.78 is 1.69. The molecule has 4 heteroatoms. The monoisotopic (exact) mass is 215 g/mol. The largest absolute Gasteiger partial charge is 0.294 e. The van der Waals surface area contributed by atoms with Crippen molar-refractivity contribution in [1.82, 2.24) is 14.8 Å². The number of aryl methyl sites for hydroxylation is 2. The van der Waals surface area contributed by atoms with Crippen LogP contribution >= 0.6 is 0 Å². The number of Topliss-reactive ketones (excluding diaryl/α,β-unsaturated/α-hetero) is 1. The van der Waals surface area contributed by atoms with Gasteiger partial charge in [0, 0.05) is 30.7 Å². The SMILES string of the molecule is Cc1ncccc1C(=O)Cc1ccn(C)n1. The van der Waals surface area contributed by atoms with Gasteiger partial charge in [-0.1, -0.05) is 0 Å². The fourth-order valence-electron chi connectivity index (χ4n) is 1.60. The Bertz CT molecular complexity index is 516. The first-order valence-corrected chi connectivity index (χ1v) is 5.10. The van der Waals surface area contributed by atoms with Gasteiger partial charge in [-0.15, -0.1) is 0 Å². The average molecular weight is 215 g/mol. The molecule has 16 heavy (non-hydrogen) atoms. The van der Waals surface area contributed by atoms with E-state index in [0.717, 1.165) is 11.4 Å². The summed E-state index contributed by atoms with van der Waals surface area (Å²) in [6.07, 6.45) is 3.85. The second-order valence-corrected chi connectivity index (χ2v) is 3.72. The summed E-state index contributed by atoms with van der Waals surface area (Å²) >= 11 is 0. The molecular formula is C12H13N3O. The fourth-order valence-corrected chi connectivity index (χ4v) is 1.60. The van der Waals surface area contributed by atoms with Gasteiger partial charge in [-0.05, 0) is 25.1 Å². The van der Waals surface area contributed by atoms with E-state index in [-0.39, 0.29) is 5.78 Å². The van der Waals surface area contributed by atoms with Crippen molar-refractivity contribution in [3.8, 4) is 0 Å². The predicted octanol–water partition coefficient (Wildman–Crippen LogP) is 1.55. The number of nitrogens with zero attached hydrogens (tertiary/aromatic N) is 3. The third-order valence-electron chi connectivity index (χ3n) is 2.42. The second-order valence-electron chi connectivity index (χ2n) is 3.72. The molecule has 0 aromatic carbocycles. The average Bonchev–Trinajstić information content (AvgIpc) is 2.64. The zero-order valence-electron chi connectivity index (χ0n) is 9.34. The number of carbonyl (C=O) groups is 1. The van der Waals surface area contributed by atoms with Crippen LogP contribution in [0.25, 0.3) is 0 Å². The minimum absolute atomic E-state index is 0.0595. The lowest BCUT2D eigenvalue weighted by atomic mass is 10.1. The Kier molecular flexibility index (Phi) is 2.81. The molecule has 0 atom stereocenters. The first-order chi connectivity index (χ1) is 7.66. The summed E-state index contributed by atoms with van der Waals surface area (Å²) in [5.74, 6) is 0.0595. The van der Waals surface area contributed by atoms with Crippen LogP contribution in [0.1, 0.15) is 21.7 Å². The summed E-state index contributed by atoms with van der Waals surface area (Å²) in [5.41, 5.74) is 2.23. The lowest BCUT2D eigenvalue weighted by Gasteiger charge is -2.01. The van der Waals surface area contributed by atoms with Gasteiger partial charge in [0.05, 0.1) is 12.1 Å². The first-order valence-electron chi connectivity index (χ1n) is 5.10. The van der Waals surface area contributed by atoms with Gasteiger partial charge in [-0.2, -0.15) is 5.10 Å². The Morgan fingerprint density at radius 3 is 2.88 bits per heavy atom. The smallest absolute Gasteiger partial charge is 0.170 e. The molecular weight excluding hydrogens is 202 g/mol. The first kappa shape index (κ1) is 10.5. The highest BCUT2D eigenvalue weighted by atomic mass is 16.1. The highest BCUT2D eigenvalue weighted by Gasteiger charge is 2.11. The van der Waals surface area contributed by atoms with Crippen LogP contribution < -0.4 is 0 Å². The van der Waals surface area contributed by atoms with Gasteiger partial charge in [0.25, 0.3) is 0 Å². The highest BCUT2D eigenvalue weighted by molar-refractivity contribution is 5.98. The number of aromatic nitrogens is 3. The Balaban J connectivity index is 2.18. The molecule has 0 aliphatic heterocycles. The zero-order chi connectivity index (χ0) is 11.5. The van der Waals surface area contributed by atoms with Crippen LogP contribution in [0.2, 0.25) is 0 Å². The molecule has 0 N–H and O–H groups in total. The molecule has 0 amide bonds. The third-order valence-corrected chi connectivity index (χ3v) is 2.42. The van der Waals surface area contributed by atoms with E-state index in [2.05, 4.69) is 10.1 Å². The van der Waals surface area contributed by atoms with E-state index >= 15 is 0 Å². The van der Waals surface area contributed by atoms with E-state index in [1.54, 1.807) is 23.0 Å². The summed E-state index contributed by atoms with van der Waals surface area (Å²) in [6, 6.07) is 5.43. The number of ketones is 1. The molecule has 4 nitrogen and oxygen atoms in total. The lowest BCUT2D eigenvalue weighted by molar-refractivity contribution is 0.0991. The van der Waals surface area contributed by atoms with E-state index in [1.165, 1.54) is 0 Å². The lowest BCUT2D eigenvalue weighted by Crippen LogP contribution is -2.07. The summed E-state index contributed by atoms with van der Waals surface area (Å²) in [6.45, 7) is 1.84. The molecule has 0 unspecified atom stereocenters. The van der Waals surface area contributed by atoms with Crippen molar-refractivity contribution in [2.45, 2.75) is 13.3 Å². The molecule has 0 aliphatic carbocycles. The van der Waals surface area contributed by atoms with E-state index in [9.17, 15) is 4.79 Å². The predicted molar refractivity (Wildman–Crippen MR) is 60.2 cm³/mol. The van der Waals surface area contributed by atoms with Crippen molar-refractivity contribution in [2.24, 2.45) is 7.05 Å². The Morgan fingerprint density at radius 1 is 1.44 bits per heavy atom. The van der Waals surface area contributed by atoms with E-state index in [1.807, 2.05) is 26.2 Å². The summed E-state index contributed by atoms with van der Waals surface area (Å²) in [7, 11) is 1.84. The van der Waals surface area contributed by atoms with Crippen molar-refractivity contribution < 1.29 is 4.79 Å². The van der Waals surface area contributed by atoms with Crippen molar-refractivity contribution in [3.63, 3.8) is 0 Å². The number of rotatable bonds is 3. The number of hydrogen-bond donors (Lipinski definition) is 0. The normalized spacial score (nSPS) is 10.4. The second kappa shape index (κ2) is 4.26. The topological polar surface area (TPSA) is 47.8 Å². The minimum atomic E-state index is 0.0595. The maximum absolute atomic E-state index is 12.0. The van der Waals surface area contributed by atoms with Crippen LogP contribution in [0, 0.1) is 6.92 Å². The third kappa shape index (κ3) is 2.16. The van der Waals surface area contributed by atoms with Gasteiger partial charge in [-0.25, -0.2) is 0 Å². The molecule has 0 bridgehead atoms. The molecule has 0 saturated heterocycles. The molecule has 2 heterocycles. The Morgan fingerprint density at radius 2 is 2.25 bits per heavy atom. The molecule has 2 aromatic heterocycles. The quantitative estimate of drug-likeness (QED) is 0.730. The maximum Gasteiger partial charge on any atom is 0.170 e. The van der Waals surface area contributed by atoms with Gasteiger partial charge >= 0.3 is 0 Å². The minimum Gasteiger partial charge on any atom is -0.294 e. The molecule has 0 aliphatic rings. The van der Waals surface area contributed by atoms with E-state index < -0.39 is 0 Å². The van der Waals surface area contributed by atoms with Gasteiger partial charge in [0.1, 0.15) is 0 Å². The maximum atomic E-state index is 12.0. The van der Waals surface area contributed by atoms with Crippen molar-refractivity contribution in [2.75, 3.05) is 0 Å². The summed E-state index contributed by atoms with van der Waals surface area (Å²) in [4.78, 5) is 16.1. The van der Waals surface area contributed by atoms with Gasteiger partial charge in [-0.3, -0.25) is 14.5 Å². The van der Waals surface area contributed by atoms with E-state index in [4.69, 9.17) is 0 Å². The van der Waals surface area contributed by atoms with Crippen LogP contribution in [-0.2, 0) is 13.5 Å². The zero-order valence-corrected chi connectivity index (χ0v) is 9.34. The Labute approximate surface area is 93.9 Å². The fraction of sp³-hybridized carbons (Fsp3) is 0.250. The molecule has 0 fully saturated rings. The van der Waals surface area contributed by atoms with Crippen LogP contribution in [0.5, 0.6) is 0 Å². The molecule has 0 saturated carbocycles. The standard InChI is InChI=1S/C12H13N3O/c1-9-11(4-3-6-13-9)12(16)8-10-5-7-15(2)14-10/h3-7H,8H2,1-2H3. The molecule has 2 rings (SSSR count). The van der Waals surface area contributed by atoms with E-state index in [0.29, 0.717) is 12.0 Å². The molecule has 0 spiro atoms. The highest BCUT2D eigenvalue weighted by Crippen LogP contribution is 2.08.